The molecule has 2 N–H and O–H groups in total. The SMILES string of the molecule is CCN1CCCC1CNC(=O)C1CN(C(=O)Nc2cccc(OC)c2)CCN1S(=O)(=O)c1ccc(-c2ccccc2)cc1. The van der Waals surface area contributed by atoms with Gasteiger partial charge in [-0.1, -0.05) is 55.5 Å². The molecule has 0 aliphatic carbocycles. The van der Waals surface area contributed by atoms with Gasteiger partial charge in [-0.3, -0.25) is 9.69 Å². The lowest BCUT2D eigenvalue weighted by atomic mass is 10.1. The number of nitrogens with one attached hydrogen (secondary N) is 2. The molecule has 10 nitrogen and oxygen atoms in total. The van der Waals surface area contributed by atoms with Gasteiger partial charge in [0, 0.05) is 44.0 Å². The predicted octanol–water partition coefficient (Wildman–Crippen LogP) is 3.87. The number of ether oxygens (including phenoxy) is 1. The zero-order valence-corrected chi connectivity index (χ0v) is 25.4. The van der Waals surface area contributed by atoms with Crippen molar-refractivity contribution in [2.75, 3.05) is 51.7 Å². The molecule has 2 aliphatic rings. The van der Waals surface area contributed by atoms with Gasteiger partial charge in [-0.2, -0.15) is 4.31 Å². The van der Waals surface area contributed by atoms with E-state index in [1.807, 2.05) is 30.3 Å². The average molecular weight is 606 g/mol. The van der Waals surface area contributed by atoms with Crippen molar-refractivity contribution < 1.29 is 22.7 Å². The Balaban J connectivity index is 1.36. The Morgan fingerprint density at radius 3 is 2.40 bits per heavy atom. The molecule has 0 bridgehead atoms. The third kappa shape index (κ3) is 7.01. The minimum Gasteiger partial charge on any atom is -0.497 e. The van der Waals surface area contributed by atoms with E-state index in [0.29, 0.717) is 18.0 Å². The first-order valence-corrected chi connectivity index (χ1v) is 16.1. The number of urea groups is 1. The van der Waals surface area contributed by atoms with Gasteiger partial charge in [0.15, 0.2) is 0 Å². The lowest BCUT2D eigenvalue weighted by Crippen LogP contribution is -2.62. The Bertz CT molecular complexity index is 1520. The number of nitrogens with zero attached hydrogens (tertiary/aromatic N) is 3. The number of methoxy groups -OCH3 is 1. The Labute approximate surface area is 253 Å². The van der Waals surface area contributed by atoms with Gasteiger partial charge in [0.1, 0.15) is 11.8 Å². The summed E-state index contributed by atoms with van der Waals surface area (Å²) in [6, 6.07) is 22.1. The molecule has 5 rings (SSSR count). The second kappa shape index (κ2) is 13.6. The maximum Gasteiger partial charge on any atom is 0.321 e. The third-order valence-electron chi connectivity index (χ3n) is 8.23. The van der Waals surface area contributed by atoms with E-state index in [-0.39, 0.29) is 30.6 Å². The van der Waals surface area contributed by atoms with Crippen molar-refractivity contribution in [3.05, 3.63) is 78.9 Å². The summed E-state index contributed by atoms with van der Waals surface area (Å²) in [6.07, 6.45) is 2.04. The number of sulfonamides is 1. The van der Waals surface area contributed by atoms with Crippen LogP contribution >= 0.6 is 0 Å². The summed E-state index contributed by atoms with van der Waals surface area (Å²) >= 11 is 0. The topological polar surface area (TPSA) is 111 Å². The van der Waals surface area contributed by atoms with Crippen LogP contribution in [-0.4, -0.2) is 92.9 Å². The molecule has 3 amide bonds. The molecule has 3 aromatic carbocycles. The lowest BCUT2D eigenvalue weighted by Gasteiger charge is -2.39. The fourth-order valence-corrected chi connectivity index (χ4v) is 7.39. The zero-order valence-electron chi connectivity index (χ0n) is 24.6. The van der Waals surface area contributed by atoms with Crippen molar-refractivity contribution in [1.29, 1.82) is 0 Å². The van der Waals surface area contributed by atoms with E-state index in [0.717, 1.165) is 37.1 Å². The van der Waals surface area contributed by atoms with Gasteiger partial charge in [-0.15, -0.1) is 0 Å². The molecule has 2 saturated heterocycles. The van der Waals surface area contributed by atoms with Crippen LogP contribution in [0.4, 0.5) is 10.5 Å². The number of piperazine rings is 1. The molecule has 228 valence electrons. The highest BCUT2D eigenvalue weighted by Gasteiger charge is 2.41. The first-order chi connectivity index (χ1) is 20.8. The summed E-state index contributed by atoms with van der Waals surface area (Å²) in [5, 5.41) is 5.85. The number of likely N-dealkylation sites (N-methyl/N-ethyl adjacent to an activating group) is 1. The number of anilines is 1. The Kier molecular flexibility index (Phi) is 9.64. The average Bonchev–Trinajstić information content (AvgIpc) is 3.51. The Morgan fingerprint density at radius 1 is 0.930 bits per heavy atom. The first-order valence-electron chi connectivity index (χ1n) is 14.7. The smallest absolute Gasteiger partial charge is 0.321 e. The van der Waals surface area contributed by atoms with Gasteiger partial charge >= 0.3 is 6.03 Å². The van der Waals surface area contributed by atoms with Crippen LogP contribution in [0.1, 0.15) is 19.8 Å². The number of carbonyl (C=O) groups is 2. The van der Waals surface area contributed by atoms with E-state index in [1.165, 1.54) is 9.21 Å². The van der Waals surface area contributed by atoms with E-state index in [1.54, 1.807) is 55.6 Å². The van der Waals surface area contributed by atoms with Crippen LogP contribution in [-0.2, 0) is 14.8 Å². The van der Waals surface area contributed by atoms with Crippen molar-refractivity contribution in [3.63, 3.8) is 0 Å². The molecule has 2 fully saturated rings. The van der Waals surface area contributed by atoms with Crippen LogP contribution in [0.2, 0.25) is 0 Å². The molecule has 11 heteroatoms. The van der Waals surface area contributed by atoms with Crippen LogP contribution in [0.15, 0.2) is 83.8 Å². The van der Waals surface area contributed by atoms with Crippen molar-refractivity contribution in [1.82, 2.24) is 19.4 Å². The summed E-state index contributed by atoms with van der Waals surface area (Å²) in [5.41, 5.74) is 2.41. The summed E-state index contributed by atoms with van der Waals surface area (Å²) in [5.74, 6) is 0.184. The molecule has 2 atom stereocenters. The number of hydrogen-bond acceptors (Lipinski definition) is 6. The molecule has 2 heterocycles. The van der Waals surface area contributed by atoms with Gasteiger partial charge in [-0.25, -0.2) is 13.2 Å². The molecule has 3 aromatic rings. The standard InChI is InChI=1S/C32H39N5O5S/c1-3-35-18-8-12-27(35)22-33-31(38)30-23-36(32(39)34-26-11-7-13-28(21-26)42-2)19-20-37(30)43(40,41)29-16-14-25(15-17-29)24-9-5-4-6-10-24/h4-7,9-11,13-17,21,27,30H,3,8,12,18-20,22-23H2,1-2H3,(H,33,38)(H,34,39). The van der Waals surface area contributed by atoms with Gasteiger partial charge in [0.25, 0.3) is 0 Å². The number of likely N-dealkylation sites (tertiary alicyclic amines) is 1. The summed E-state index contributed by atoms with van der Waals surface area (Å²) in [7, 11) is -2.49. The maximum absolute atomic E-state index is 14.0. The predicted molar refractivity (Wildman–Crippen MR) is 166 cm³/mol. The van der Waals surface area contributed by atoms with Crippen molar-refractivity contribution in [2.24, 2.45) is 0 Å². The summed E-state index contributed by atoms with van der Waals surface area (Å²) in [4.78, 5) is 30.8. The third-order valence-corrected chi connectivity index (χ3v) is 10.1. The van der Waals surface area contributed by atoms with Crippen LogP contribution in [0.3, 0.4) is 0 Å². The number of benzene rings is 3. The molecule has 0 radical (unpaired) electrons. The Morgan fingerprint density at radius 2 is 1.67 bits per heavy atom. The molecular weight excluding hydrogens is 566 g/mol. The molecule has 0 saturated carbocycles. The lowest BCUT2D eigenvalue weighted by molar-refractivity contribution is -0.126. The fourth-order valence-electron chi connectivity index (χ4n) is 5.82. The highest BCUT2D eigenvalue weighted by Crippen LogP contribution is 2.26. The van der Waals surface area contributed by atoms with Crippen molar-refractivity contribution >= 4 is 27.6 Å². The second-order valence-electron chi connectivity index (χ2n) is 10.8. The maximum atomic E-state index is 14.0. The van der Waals surface area contributed by atoms with E-state index in [4.69, 9.17) is 4.74 Å². The highest BCUT2D eigenvalue weighted by atomic mass is 32.2. The zero-order chi connectivity index (χ0) is 30.4. The summed E-state index contributed by atoms with van der Waals surface area (Å²) in [6.45, 7) is 4.44. The van der Waals surface area contributed by atoms with E-state index < -0.39 is 28.0 Å². The molecule has 0 aromatic heterocycles. The fraction of sp³-hybridized carbons (Fsp3) is 0.375. The van der Waals surface area contributed by atoms with Crippen molar-refractivity contribution in [2.45, 2.75) is 36.7 Å². The van der Waals surface area contributed by atoms with Gasteiger partial charge < -0.3 is 20.3 Å². The summed E-state index contributed by atoms with van der Waals surface area (Å²) < 4.78 is 34.4. The van der Waals surface area contributed by atoms with Crippen molar-refractivity contribution in [3.8, 4) is 16.9 Å². The van der Waals surface area contributed by atoms with Crippen LogP contribution in [0.25, 0.3) is 11.1 Å². The van der Waals surface area contributed by atoms with E-state index in [2.05, 4.69) is 22.5 Å². The molecular formula is C32H39N5O5S. The number of carbonyl (C=O) groups excluding carboxylic acids is 2. The van der Waals surface area contributed by atoms with Crippen LogP contribution in [0, 0.1) is 0 Å². The second-order valence-corrected chi connectivity index (χ2v) is 12.7. The number of rotatable bonds is 9. The quantitative estimate of drug-likeness (QED) is 0.383. The normalized spacial score (nSPS) is 19.6. The van der Waals surface area contributed by atoms with Gasteiger partial charge in [0.05, 0.1) is 12.0 Å². The number of hydrogen-bond donors (Lipinski definition) is 2. The molecule has 43 heavy (non-hydrogen) atoms. The van der Waals surface area contributed by atoms with Gasteiger partial charge in [-0.05, 0) is 61.3 Å². The number of amides is 3. The monoisotopic (exact) mass is 605 g/mol. The molecule has 2 aliphatic heterocycles. The van der Waals surface area contributed by atoms with Crippen LogP contribution in [0.5, 0.6) is 5.75 Å². The molecule has 0 spiro atoms. The van der Waals surface area contributed by atoms with Crippen LogP contribution < -0.4 is 15.4 Å². The Hall–Kier alpha value is -3.93. The minimum atomic E-state index is -4.04. The largest absolute Gasteiger partial charge is 0.497 e. The van der Waals surface area contributed by atoms with Gasteiger partial charge in [0.2, 0.25) is 15.9 Å². The van der Waals surface area contributed by atoms with E-state index >= 15 is 0 Å². The molecule has 2 unspecified atom stereocenters. The minimum absolute atomic E-state index is 0.0170. The first kappa shape index (κ1) is 30.5. The van der Waals surface area contributed by atoms with E-state index in [9.17, 15) is 18.0 Å². The highest BCUT2D eigenvalue weighted by molar-refractivity contribution is 7.89.